The Labute approximate surface area is 87.7 Å². The molecule has 0 atom stereocenters. The summed E-state index contributed by atoms with van der Waals surface area (Å²) in [5.41, 5.74) is 0.379. The van der Waals surface area contributed by atoms with Gasteiger partial charge in [0.05, 0.1) is 24.4 Å². The van der Waals surface area contributed by atoms with Crippen LogP contribution in [0.5, 0.6) is 0 Å². The van der Waals surface area contributed by atoms with Gasteiger partial charge in [0.25, 0.3) is 5.91 Å². The lowest BCUT2D eigenvalue weighted by atomic mass is 9.95. The summed E-state index contributed by atoms with van der Waals surface area (Å²) in [7, 11) is 0. The van der Waals surface area contributed by atoms with Crippen LogP contribution >= 0.6 is 0 Å². The molecule has 5 nitrogen and oxygen atoms in total. The minimum atomic E-state index is -0.741. The minimum absolute atomic E-state index is 0.113. The van der Waals surface area contributed by atoms with Crippen LogP contribution < -0.4 is 0 Å². The Morgan fingerprint density at radius 3 is 2.53 bits per heavy atom. The van der Waals surface area contributed by atoms with Crippen LogP contribution in [0.4, 0.5) is 0 Å². The monoisotopic (exact) mass is 210 g/mol. The molecule has 0 aromatic carbocycles. The number of carbonyl (C=O) groups is 1. The fraction of sp³-hybridized carbons (Fsp3) is 0.600. The van der Waals surface area contributed by atoms with Crippen molar-refractivity contribution in [3.63, 3.8) is 0 Å². The predicted octanol–water partition coefficient (Wildman–Crippen LogP) is 0.498. The van der Waals surface area contributed by atoms with Crippen molar-refractivity contribution in [3.05, 3.63) is 17.0 Å². The zero-order valence-electron chi connectivity index (χ0n) is 9.07. The van der Waals surface area contributed by atoms with E-state index in [-0.39, 0.29) is 5.91 Å². The first-order valence-electron chi connectivity index (χ1n) is 4.85. The maximum Gasteiger partial charge on any atom is 0.259 e. The highest BCUT2D eigenvalue weighted by Crippen LogP contribution is 2.24. The van der Waals surface area contributed by atoms with E-state index >= 15 is 0 Å². The van der Waals surface area contributed by atoms with E-state index < -0.39 is 5.60 Å². The predicted molar refractivity (Wildman–Crippen MR) is 52.5 cm³/mol. The quantitative estimate of drug-likeness (QED) is 0.733. The standard InChI is InChI=1S/C10H14N2O3/c1-6-8(7(2)15-11-6)9(13)12-4-10(3,14)5-12/h14H,4-5H2,1-3H3. The van der Waals surface area contributed by atoms with Gasteiger partial charge in [0.2, 0.25) is 0 Å². The smallest absolute Gasteiger partial charge is 0.259 e. The van der Waals surface area contributed by atoms with Crippen LogP contribution in [0.2, 0.25) is 0 Å². The van der Waals surface area contributed by atoms with Gasteiger partial charge in [0.1, 0.15) is 11.3 Å². The van der Waals surface area contributed by atoms with Crippen LogP contribution in [0, 0.1) is 13.8 Å². The number of hydrogen-bond acceptors (Lipinski definition) is 4. The van der Waals surface area contributed by atoms with Gasteiger partial charge in [-0.15, -0.1) is 0 Å². The number of aromatic nitrogens is 1. The maximum atomic E-state index is 11.9. The van der Waals surface area contributed by atoms with Crippen LogP contribution in [-0.2, 0) is 0 Å². The molecule has 2 heterocycles. The van der Waals surface area contributed by atoms with Gasteiger partial charge in [0, 0.05) is 0 Å². The average Bonchev–Trinajstić information content (AvgIpc) is 2.41. The highest BCUT2D eigenvalue weighted by atomic mass is 16.5. The van der Waals surface area contributed by atoms with Crippen molar-refractivity contribution in [1.82, 2.24) is 10.1 Å². The molecule has 0 spiro atoms. The summed E-state index contributed by atoms with van der Waals surface area (Å²) < 4.78 is 4.93. The van der Waals surface area contributed by atoms with E-state index in [0.717, 1.165) is 0 Å². The molecule has 1 aromatic rings. The van der Waals surface area contributed by atoms with Crippen molar-refractivity contribution in [2.45, 2.75) is 26.4 Å². The van der Waals surface area contributed by atoms with Crippen molar-refractivity contribution >= 4 is 5.91 Å². The molecule has 0 bridgehead atoms. The Bertz CT molecular complexity index is 381. The lowest BCUT2D eigenvalue weighted by Crippen LogP contribution is -2.61. The highest BCUT2D eigenvalue weighted by Gasteiger charge is 2.40. The zero-order valence-corrected chi connectivity index (χ0v) is 9.07. The van der Waals surface area contributed by atoms with Crippen molar-refractivity contribution in [1.29, 1.82) is 0 Å². The molecule has 1 saturated heterocycles. The number of rotatable bonds is 1. The van der Waals surface area contributed by atoms with E-state index in [0.29, 0.717) is 30.1 Å². The van der Waals surface area contributed by atoms with Gasteiger partial charge in [-0.25, -0.2) is 0 Å². The largest absolute Gasteiger partial charge is 0.386 e. The number of carbonyl (C=O) groups excluding carboxylic acids is 1. The molecular weight excluding hydrogens is 196 g/mol. The van der Waals surface area contributed by atoms with E-state index in [4.69, 9.17) is 4.52 Å². The van der Waals surface area contributed by atoms with Crippen LogP contribution in [0.3, 0.4) is 0 Å². The fourth-order valence-electron chi connectivity index (χ4n) is 1.87. The van der Waals surface area contributed by atoms with Crippen molar-refractivity contribution in [2.24, 2.45) is 0 Å². The second-order valence-electron chi connectivity index (χ2n) is 4.36. The third kappa shape index (κ3) is 1.63. The molecular formula is C10H14N2O3. The van der Waals surface area contributed by atoms with Crippen LogP contribution in [0.15, 0.2) is 4.52 Å². The van der Waals surface area contributed by atoms with Gasteiger partial charge in [-0.05, 0) is 20.8 Å². The Kier molecular flexibility index (Phi) is 2.08. The summed E-state index contributed by atoms with van der Waals surface area (Å²) in [6.45, 7) is 5.91. The molecule has 82 valence electrons. The first-order valence-corrected chi connectivity index (χ1v) is 4.85. The third-order valence-corrected chi connectivity index (χ3v) is 2.60. The van der Waals surface area contributed by atoms with Gasteiger partial charge >= 0.3 is 0 Å². The number of amides is 1. The molecule has 1 aliphatic rings. The summed E-state index contributed by atoms with van der Waals surface area (Å²) in [6, 6.07) is 0. The normalized spacial score (nSPS) is 18.8. The van der Waals surface area contributed by atoms with Gasteiger partial charge < -0.3 is 14.5 Å². The van der Waals surface area contributed by atoms with Gasteiger partial charge in [-0.1, -0.05) is 5.16 Å². The van der Waals surface area contributed by atoms with Crippen LogP contribution in [0.1, 0.15) is 28.7 Å². The molecule has 1 aromatic heterocycles. The molecule has 1 N–H and O–H groups in total. The number of likely N-dealkylation sites (tertiary alicyclic amines) is 1. The third-order valence-electron chi connectivity index (χ3n) is 2.60. The number of hydrogen-bond donors (Lipinski definition) is 1. The second kappa shape index (κ2) is 3.06. The first kappa shape index (κ1) is 10.2. The summed E-state index contributed by atoms with van der Waals surface area (Å²) in [5, 5.41) is 13.3. The van der Waals surface area contributed by atoms with E-state index in [1.54, 1.807) is 25.7 Å². The summed E-state index contributed by atoms with van der Waals surface area (Å²) >= 11 is 0. The van der Waals surface area contributed by atoms with Crippen molar-refractivity contribution < 1.29 is 14.4 Å². The Balaban J connectivity index is 2.17. The maximum absolute atomic E-state index is 11.9. The molecule has 1 amide bonds. The van der Waals surface area contributed by atoms with Gasteiger partial charge in [-0.2, -0.15) is 0 Å². The molecule has 2 rings (SSSR count). The summed E-state index contributed by atoms with van der Waals surface area (Å²) in [5.74, 6) is 0.418. The molecule has 0 saturated carbocycles. The van der Waals surface area contributed by atoms with E-state index in [1.165, 1.54) is 0 Å². The van der Waals surface area contributed by atoms with E-state index in [2.05, 4.69) is 5.16 Å². The first-order chi connectivity index (χ1) is 6.91. The lowest BCUT2D eigenvalue weighted by molar-refractivity contribution is -0.0669. The summed E-state index contributed by atoms with van der Waals surface area (Å²) in [6.07, 6.45) is 0. The zero-order chi connectivity index (χ0) is 11.2. The van der Waals surface area contributed by atoms with E-state index in [9.17, 15) is 9.90 Å². The molecule has 1 fully saturated rings. The fourth-order valence-corrected chi connectivity index (χ4v) is 1.87. The Hall–Kier alpha value is -1.36. The summed E-state index contributed by atoms with van der Waals surface area (Å²) in [4.78, 5) is 13.5. The molecule has 0 aliphatic carbocycles. The molecule has 1 aliphatic heterocycles. The van der Waals surface area contributed by atoms with E-state index in [1.807, 2.05) is 0 Å². The lowest BCUT2D eigenvalue weighted by Gasteiger charge is -2.44. The van der Waals surface area contributed by atoms with Crippen LogP contribution in [0.25, 0.3) is 0 Å². The van der Waals surface area contributed by atoms with Gasteiger partial charge in [-0.3, -0.25) is 4.79 Å². The topological polar surface area (TPSA) is 66.6 Å². The number of β-amino-alcohol motifs (C(OH)–C–C–N with tert-alkyl or cyclic N) is 1. The SMILES string of the molecule is Cc1noc(C)c1C(=O)N1CC(C)(O)C1. The van der Waals surface area contributed by atoms with Crippen molar-refractivity contribution in [2.75, 3.05) is 13.1 Å². The Morgan fingerprint density at radius 2 is 2.13 bits per heavy atom. The molecule has 0 unspecified atom stereocenters. The number of nitrogens with zero attached hydrogens (tertiary/aromatic N) is 2. The Morgan fingerprint density at radius 1 is 1.53 bits per heavy atom. The van der Waals surface area contributed by atoms with Gasteiger partial charge in [0.15, 0.2) is 0 Å². The van der Waals surface area contributed by atoms with Crippen molar-refractivity contribution in [3.8, 4) is 0 Å². The number of aliphatic hydroxyl groups is 1. The second-order valence-corrected chi connectivity index (χ2v) is 4.36. The van der Waals surface area contributed by atoms with Crippen LogP contribution in [-0.4, -0.2) is 39.8 Å². The molecule has 15 heavy (non-hydrogen) atoms. The average molecular weight is 210 g/mol. The molecule has 5 heteroatoms. The highest BCUT2D eigenvalue weighted by molar-refractivity contribution is 5.96. The number of aryl methyl sites for hydroxylation is 2. The molecule has 0 radical (unpaired) electrons. The minimum Gasteiger partial charge on any atom is -0.386 e.